The van der Waals surface area contributed by atoms with E-state index in [2.05, 4.69) is 0 Å². The molecule has 0 amide bonds. The number of phenolic OH excluding ortho intramolecular Hbond substituents is 1. The Hall–Kier alpha value is -2.84. The number of benzene rings is 1. The fourth-order valence-electron chi connectivity index (χ4n) is 3.68. The molecule has 0 aliphatic carbocycles. The molecule has 1 unspecified atom stereocenters. The second-order valence-electron chi connectivity index (χ2n) is 8.18. The number of hydrogen-bond acceptors (Lipinski definition) is 8. The maximum Gasteiger partial charge on any atom is 0.333 e. The number of carbonyl (C=O) groups excluding carboxylic acids is 1. The van der Waals surface area contributed by atoms with Crippen LogP contribution < -0.4 is 10.2 Å². The largest absolute Gasteiger partial charge is 0.507 e. The number of aliphatic hydroxyl groups is 2. The Bertz CT molecular complexity index is 1090. The molecule has 1 aromatic carbocycles. The molecule has 3 rings (SSSR count). The average molecular weight is 432 g/mol. The molecule has 168 valence electrons. The summed E-state index contributed by atoms with van der Waals surface area (Å²) in [5.41, 5.74) is 0.00693. The predicted molar refractivity (Wildman–Crippen MR) is 113 cm³/mol. The van der Waals surface area contributed by atoms with Crippen LogP contribution in [-0.2, 0) is 29.0 Å². The molecule has 0 spiro atoms. The lowest BCUT2D eigenvalue weighted by atomic mass is 9.87. The Morgan fingerprint density at radius 2 is 2.06 bits per heavy atom. The highest BCUT2D eigenvalue weighted by atomic mass is 16.6. The molecule has 8 heteroatoms. The molecule has 1 aromatic heterocycles. The summed E-state index contributed by atoms with van der Waals surface area (Å²) < 4.78 is 17.6. The van der Waals surface area contributed by atoms with Crippen molar-refractivity contribution in [2.24, 2.45) is 0 Å². The van der Waals surface area contributed by atoms with Gasteiger partial charge in [0.2, 0.25) is 0 Å². The first kappa shape index (κ1) is 22.8. The van der Waals surface area contributed by atoms with Crippen LogP contribution >= 0.6 is 0 Å². The van der Waals surface area contributed by atoms with Crippen LogP contribution in [0.25, 0.3) is 11.0 Å². The normalized spacial score (nSPS) is 17.9. The third kappa shape index (κ3) is 4.18. The van der Waals surface area contributed by atoms with Crippen LogP contribution in [-0.4, -0.2) is 39.6 Å². The van der Waals surface area contributed by atoms with Gasteiger partial charge in [0.25, 0.3) is 0 Å². The lowest BCUT2D eigenvalue weighted by Gasteiger charge is -2.40. The number of carbonyl (C=O) groups is 1. The summed E-state index contributed by atoms with van der Waals surface area (Å²) in [5, 5.41) is 29.7. The van der Waals surface area contributed by atoms with Crippen molar-refractivity contribution in [3.8, 4) is 11.5 Å². The highest BCUT2D eigenvalue weighted by Crippen LogP contribution is 2.46. The van der Waals surface area contributed by atoms with Gasteiger partial charge in [0.1, 0.15) is 46.5 Å². The third-order valence-electron chi connectivity index (χ3n) is 5.62. The van der Waals surface area contributed by atoms with Gasteiger partial charge in [-0.05, 0) is 40.5 Å². The number of ether oxygens (including phenoxy) is 2. The van der Waals surface area contributed by atoms with Crippen LogP contribution in [0.4, 0.5) is 0 Å². The molecule has 31 heavy (non-hydrogen) atoms. The maximum absolute atomic E-state index is 12.7. The van der Waals surface area contributed by atoms with Crippen molar-refractivity contribution in [3.63, 3.8) is 0 Å². The highest BCUT2D eigenvalue weighted by molar-refractivity contribution is 5.91. The second kappa shape index (κ2) is 8.72. The molecule has 3 N–H and O–H groups in total. The highest BCUT2D eigenvalue weighted by Gasteiger charge is 2.43. The molecule has 8 nitrogen and oxygen atoms in total. The van der Waals surface area contributed by atoms with Crippen molar-refractivity contribution in [3.05, 3.63) is 44.8 Å². The van der Waals surface area contributed by atoms with Crippen molar-refractivity contribution in [2.45, 2.75) is 65.3 Å². The zero-order chi connectivity index (χ0) is 22.9. The van der Waals surface area contributed by atoms with Gasteiger partial charge in [0, 0.05) is 35.8 Å². The third-order valence-corrected chi connectivity index (χ3v) is 5.62. The second-order valence-corrected chi connectivity index (χ2v) is 8.18. The van der Waals surface area contributed by atoms with Crippen molar-refractivity contribution < 1.29 is 34.0 Å². The Labute approximate surface area is 179 Å². The van der Waals surface area contributed by atoms with Crippen molar-refractivity contribution in [1.29, 1.82) is 0 Å². The first-order chi connectivity index (χ1) is 14.6. The number of aliphatic hydroxyl groups excluding tert-OH is 2. The van der Waals surface area contributed by atoms with Crippen LogP contribution in [0.2, 0.25) is 0 Å². The summed E-state index contributed by atoms with van der Waals surface area (Å²) in [6.45, 7) is 6.37. The van der Waals surface area contributed by atoms with Crippen molar-refractivity contribution in [2.75, 3.05) is 6.61 Å². The zero-order valence-corrected chi connectivity index (χ0v) is 18.2. The van der Waals surface area contributed by atoms with E-state index >= 15 is 0 Å². The van der Waals surface area contributed by atoms with E-state index in [1.807, 2.05) is 0 Å². The van der Waals surface area contributed by atoms with Crippen LogP contribution in [0.1, 0.15) is 51.0 Å². The predicted octanol–water partition coefficient (Wildman–Crippen LogP) is 2.51. The molecule has 0 saturated heterocycles. The van der Waals surface area contributed by atoms with E-state index in [0.717, 1.165) is 6.07 Å². The zero-order valence-electron chi connectivity index (χ0n) is 18.2. The SMILES string of the molecule is CC=C(C)C(=O)OC1Cc2c(c(CCCO)c3oc(CO)cc(=O)c3c2O)OC1(C)C. The smallest absolute Gasteiger partial charge is 0.333 e. The summed E-state index contributed by atoms with van der Waals surface area (Å²) in [6.07, 6.45) is 1.78. The molecular formula is C23H28O8. The lowest BCUT2D eigenvalue weighted by Crippen LogP contribution is -2.49. The number of aryl methyl sites for hydroxylation is 1. The van der Waals surface area contributed by atoms with Gasteiger partial charge in [-0.2, -0.15) is 0 Å². The van der Waals surface area contributed by atoms with E-state index in [9.17, 15) is 24.9 Å². The molecule has 1 atom stereocenters. The van der Waals surface area contributed by atoms with Gasteiger partial charge in [0.15, 0.2) is 5.43 Å². The van der Waals surface area contributed by atoms with Gasteiger partial charge in [-0.25, -0.2) is 4.79 Å². The molecule has 0 radical (unpaired) electrons. The summed E-state index contributed by atoms with van der Waals surface area (Å²) in [5.74, 6) is -0.377. The van der Waals surface area contributed by atoms with Crippen LogP contribution in [0, 0.1) is 0 Å². The summed E-state index contributed by atoms with van der Waals surface area (Å²) >= 11 is 0. The van der Waals surface area contributed by atoms with E-state index in [1.165, 1.54) is 0 Å². The van der Waals surface area contributed by atoms with E-state index in [-0.39, 0.29) is 35.5 Å². The number of hydrogen-bond donors (Lipinski definition) is 3. The number of fused-ring (bicyclic) bond motifs is 2. The minimum Gasteiger partial charge on any atom is -0.507 e. The maximum atomic E-state index is 12.7. The quantitative estimate of drug-likeness (QED) is 0.469. The first-order valence-corrected chi connectivity index (χ1v) is 10.2. The molecule has 1 aliphatic heterocycles. The van der Waals surface area contributed by atoms with E-state index in [4.69, 9.17) is 13.9 Å². The Balaban J connectivity index is 2.22. The minimum absolute atomic E-state index is 0.0260. The Morgan fingerprint density at radius 3 is 2.68 bits per heavy atom. The van der Waals surface area contributed by atoms with Gasteiger partial charge in [-0.1, -0.05) is 6.08 Å². The molecule has 1 aliphatic rings. The molecule has 0 bridgehead atoms. The minimum atomic E-state index is -0.931. The molecule has 2 aromatic rings. The number of esters is 1. The fraction of sp³-hybridized carbons (Fsp3) is 0.478. The van der Waals surface area contributed by atoms with E-state index in [1.54, 1.807) is 33.8 Å². The Morgan fingerprint density at radius 1 is 1.35 bits per heavy atom. The number of allylic oxidation sites excluding steroid dienone is 1. The fourth-order valence-corrected chi connectivity index (χ4v) is 3.68. The van der Waals surface area contributed by atoms with Gasteiger partial charge < -0.3 is 29.2 Å². The molecule has 2 heterocycles. The summed E-state index contributed by atoms with van der Waals surface area (Å²) in [6, 6.07) is 1.13. The Kier molecular flexibility index (Phi) is 6.43. The first-order valence-electron chi connectivity index (χ1n) is 10.2. The van der Waals surface area contributed by atoms with E-state index in [0.29, 0.717) is 35.3 Å². The standard InChI is InChI=1S/C23H28O8/c1-5-12(2)22(28)30-17-10-15-19(27)18-16(26)9-13(11-25)29-21(18)14(7-6-8-24)20(15)31-23(17,3)4/h5,9,17,24-25,27H,6-8,10-11H2,1-4H3. The molecule has 0 saturated carbocycles. The number of rotatable bonds is 6. The summed E-state index contributed by atoms with van der Waals surface area (Å²) in [7, 11) is 0. The molecule has 0 fully saturated rings. The van der Waals surface area contributed by atoms with E-state index < -0.39 is 29.7 Å². The number of aromatic hydroxyl groups is 1. The van der Waals surface area contributed by atoms with Gasteiger partial charge in [0.05, 0.1) is 0 Å². The monoisotopic (exact) mass is 432 g/mol. The van der Waals surface area contributed by atoms with Crippen LogP contribution in [0.3, 0.4) is 0 Å². The van der Waals surface area contributed by atoms with Gasteiger partial charge in [-0.3, -0.25) is 4.79 Å². The van der Waals surface area contributed by atoms with Crippen LogP contribution in [0.15, 0.2) is 26.9 Å². The average Bonchev–Trinajstić information content (AvgIpc) is 2.73. The summed E-state index contributed by atoms with van der Waals surface area (Å²) in [4.78, 5) is 25.0. The van der Waals surface area contributed by atoms with Gasteiger partial charge >= 0.3 is 5.97 Å². The number of phenols is 1. The van der Waals surface area contributed by atoms with Crippen molar-refractivity contribution >= 4 is 16.9 Å². The lowest BCUT2D eigenvalue weighted by molar-refractivity contribution is -0.156. The topological polar surface area (TPSA) is 126 Å². The van der Waals surface area contributed by atoms with Crippen molar-refractivity contribution in [1.82, 2.24) is 0 Å². The molecular weight excluding hydrogens is 404 g/mol. The van der Waals surface area contributed by atoms with Gasteiger partial charge in [-0.15, -0.1) is 0 Å². The van der Waals surface area contributed by atoms with Crippen LogP contribution in [0.5, 0.6) is 11.5 Å².